The van der Waals surface area contributed by atoms with E-state index in [1.807, 2.05) is 39.0 Å². The largest absolute Gasteiger partial charge is 0.464 e. The van der Waals surface area contributed by atoms with Crippen LogP contribution in [-0.4, -0.2) is 86.7 Å². The Balaban J connectivity index is 1.31. The highest BCUT2D eigenvalue weighted by molar-refractivity contribution is 7.52. The van der Waals surface area contributed by atoms with Crippen LogP contribution in [0.4, 0.5) is 16.2 Å². The van der Waals surface area contributed by atoms with E-state index < -0.39 is 55.3 Å². The molecule has 0 bridgehead atoms. The molecule has 1 unspecified atom stereocenters. The molecule has 0 radical (unpaired) electrons. The fourth-order valence-corrected chi connectivity index (χ4v) is 8.00. The summed E-state index contributed by atoms with van der Waals surface area (Å²) in [4.78, 5) is 27.4. The van der Waals surface area contributed by atoms with Crippen molar-refractivity contribution in [1.29, 1.82) is 0 Å². The van der Waals surface area contributed by atoms with E-state index >= 15 is 4.39 Å². The Hall–Kier alpha value is -3.59. The number of benzene rings is 2. The summed E-state index contributed by atoms with van der Waals surface area (Å²) in [6.07, 6.45) is -3.90. The summed E-state index contributed by atoms with van der Waals surface area (Å²) >= 11 is 6.35. The fraction of sp³-hybridized carbons (Fsp3) is 0.484. The first-order chi connectivity index (χ1) is 22.5. The standard InChI is InChI=1S/C31H38ClFN7O7P/c1-17(26(41)44-15-29(2,3)4)38-48(43,46-20-13-9-11-18-10-7-8-12-19(18)20)47-27-30(14-32)31(27,42)22(33)25(45-30)40-16-35-21-23(39(5)6)36-28(34)37-24(21)40/h7-13,16-17,22,25,27,42H,14-15H2,1-6H3,(H,38,43)(H2,34,36,37)/t17-,22+,25-,27?,30-,31-,48-/m1/s1. The number of esters is 1. The van der Waals surface area contributed by atoms with E-state index in [0.29, 0.717) is 16.7 Å². The molecule has 2 fully saturated rings. The number of hydrogen-bond donors (Lipinski definition) is 3. The van der Waals surface area contributed by atoms with Crippen LogP contribution in [0.1, 0.15) is 33.9 Å². The number of carbonyl (C=O) groups is 1. The molecule has 1 saturated carbocycles. The van der Waals surface area contributed by atoms with Gasteiger partial charge >= 0.3 is 13.7 Å². The van der Waals surface area contributed by atoms with Gasteiger partial charge in [0.2, 0.25) is 5.95 Å². The molecular weight excluding hydrogens is 668 g/mol. The van der Waals surface area contributed by atoms with Crippen LogP contribution >= 0.6 is 19.3 Å². The average Bonchev–Trinajstić information content (AvgIpc) is 3.25. The van der Waals surface area contributed by atoms with Crippen LogP contribution in [0.2, 0.25) is 0 Å². The van der Waals surface area contributed by atoms with E-state index in [4.69, 9.17) is 35.9 Å². The normalized spacial score (nSPS) is 27.0. The monoisotopic (exact) mass is 705 g/mol. The van der Waals surface area contributed by atoms with Gasteiger partial charge in [0.25, 0.3) is 0 Å². The lowest BCUT2D eigenvalue weighted by molar-refractivity contribution is -0.148. The van der Waals surface area contributed by atoms with Crippen LogP contribution in [0, 0.1) is 5.41 Å². The van der Waals surface area contributed by atoms with Crippen LogP contribution in [0.25, 0.3) is 21.9 Å². The first-order valence-corrected chi connectivity index (χ1v) is 17.3. The molecule has 0 amide bonds. The van der Waals surface area contributed by atoms with Crippen LogP contribution in [0.3, 0.4) is 0 Å². The second-order valence-corrected chi connectivity index (χ2v) is 15.4. The third-order valence-corrected chi connectivity index (χ3v) is 10.3. The lowest BCUT2D eigenvalue weighted by atomic mass is 9.99. The van der Waals surface area contributed by atoms with Gasteiger partial charge in [0.05, 0.1) is 18.8 Å². The van der Waals surface area contributed by atoms with Gasteiger partial charge in [0.15, 0.2) is 35.0 Å². The molecule has 3 heterocycles. The van der Waals surface area contributed by atoms with Crippen LogP contribution in [0.5, 0.6) is 5.75 Å². The quantitative estimate of drug-likeness (QED) is 0.114. The predicted octanol–water partition coefficient (Wildman–Crippen LogP) is 4.36. The van der Waals surface area contributed by atoms with Gasteiger partial charge in [0.1, 0.15) is 23.5 Å². The molecule has 258 valence electrons. The number of nitrogens with zero attached hydrogens (tertiary/aromatic N) is 5. The number of nitrogens with one attached hydrogen (secondary N) is 1. The molecule has 1 aliphatic heterocycles. The summed E-state index contributed by atoms with van der Waals surface area (Å²) in [5, 5.41) is 15.8. The fourth-order valence-electron chi connectivity index (χ4n) is 5.82. The number of nitrogens with two attached hydrogens (primary N) is 1. The minimum absolute atomic E-state index is 0.0776. The molecule has 7 atom stereocenters. The van der Waals surface area contributed by atoms with Crippen molar-refractivity contribution in [1.82, 2.24) is 24.6 Å². The van der Waals surface area contributed by atoms with E-state index in [1.54, 1.807) is 43.3 Å². The Morgan fingerprint density at radius 3 is 2.62 bits per heavy atom. The van der Waals surface area contributed by atoms with E-state index in [1.165, 1.54) is 17.8 Å². The number of ether oxygens (including phenoxy) is 2. The number of anilines is 2. The third-order valence-electron chi connectivity index (χ3n) is 8.30. The zero-order valence-corrected chi connectivity index (χ0v) is 28.9. The molecule has 4 aromatic rings. The molecule has 4 N–H and O–H groups in total. The van der Waals surface area contributed by atoms with Gasteiger partial charge in [-0.15, -0.1) is 11.6 Å². The average molecular weight is 706 g/mol. The van der Waals surface area contributed by atoms with Crippen molar-refractivity contribution in [3.63, 3.8) is 0 Å². The Bertz CT molecular complexity index is 1920. The smallest absolute Gasteiger partial charge is 0.459 e. The van der Waals surface area contributed by atoms with Crippen molar-refractivity contribution in [2.24, 2.45) is 5.41 Å². The van der Waals surface area contributed by atoms with Crippen molar-refractivity contribution < 1.29 is 37.4 Å². The summed E-state index contributed by atoms with van der Waals surface area (Å²) in [5.74, 6) is -0.691. The van der Waals surface area contributed by atoms with E-state index in [2.05, 4.69) is 20.0 Å². The van der Waals surface area contributed by atoms with Crippen LogP contribution in [0.15, 0.2) is 48.8 Å². The lowest BCUT2D eigenvalue weighted by Crippen LogP contribution is -2.38. The number of nitrogen functional groups attached to an aromatic ring is 1. The summed E-state index contributed by atoms with van der Waals surface area (Å²) in [5.41, 5.74) is 1.85. The van der Waals surface area contributed by atoms with Gasteiger partial charge in [-0.3, -0.25) is 13.9 Å². The molecule has 48 heavy (non-hydrogen) atoms. The number of rotatable bonds is 11. The number of imidazole rings is 1. The first kappa shape index (κ1) is 34.3. The molecule has 0 spiro atoms. The molecule has 6 rings (SSSR count). The SMILES string of the molecule is C[C@@H](N[P@@](=O)(Oc1cccc2ccccc12)OC1[C@@]2(CCl)O[C@@H](n3cnc4c(N(C)C)nc(N)nc43)[C@H](F)[C@@]12O)C(=O)OCC(C)(C)C. The third kappa shape index (κ3) is 5.76. The van der Waals surface area contributed by atoms with E-state index in [0.717, 1.165) is 5.39 Å². The Kier molecular flexibility index (Phi) is 8.62. The van der Waals surface area contributed by atoms with Crippen molar-refractivity contribution in [2.75, 3.05) is 37.2 Å². The first-order valence-electron chi connectivity index (χ1n) is 15.2. The molecule has 14 nitrogen and oxygen atoms in total. The summed E-state index contributed by atoms with van der Waals surface area (Å²) < 4.78 is 55.9. The molecule has 2 aliphatic rings. The molecule has 2 aromatic carbocycles. The van der Waals surface area contributed by atoms with Gasteiger partial charge < -0.3 is 29.7 Å². The maximum atomic E-state index is 16.5. The number of halogens is 2. The van der Waals surface area contributed by atoms with E-state index in [9.17, 15) is 14.5 Å². The lowest BCUT2D eigenvalue weighted by Gasteiger charge is -2.28. The van der Waals surface area contributed by atoms with Gasteiger partial charge in [-0.2, -0.15) is 15.1 Å². The number of aliphatic hydroxyl groups is 1. The Morgan fingerprint density at radius 2 is 1.96 bits per heavy atom. The van der Waals surface area contributed by atoms with E-state index in [-0.39, 0.29) is 29.4 Å². The summed E-state index contributed by atoms with van der Waals surface area (Å²) in [6.45, 7) is 7.20. The molecule has 2 aromatic heterocycles. The highest BCUT2D eigenvalue weighted by atomic mass is 35.5. The second-order valence-electron chi connectivity index (χ2n) is 13.5. The number of fused-ring (bicyclic) bond motifs is 3. The Labute approximate surface area is 281 Å². The van der Waals surface area contributed by atoms with Crippen molar-refractivity contribution >= 4 is 59.0 Å². The molecular formula is C31H38ClFN7O7P. The highest BCUT2D eigenvalue weighted by Gasteiger charge is 2.90. The van der Waals surface area contributed by atoms with Gasteiger partial charge in [0, 0.05) is 19.5 Å². The van der Waals surface area contributed by atoms with Gasteiger partial charge in [-0.1, -0.05) is 57.2 Å². The Morgan fingerprint density at radius 1 is 1.25 bits per heavy atom. The maximum Gasteiger partial charge on any atom is 0.459 e. The number of alkyl halides is 2. The van der Waals surface area contributed by atoms with Gasteiger partial charge in [-0.25, -0.2) is 13.9 Å². The molecule has 1 saturated heterocycles. The highest BCUT2D eigenvalue weighted by Crippen LogP contribution is 2.69. The zero-order valence-electron chi connectivity index (χ0n) is 27.3. The minimum atomic E-state index is -4.61. The van der Waals surface area contributed by atoms with Crippen molar-refractivity contribution in [3.05, 3.63) is 48.8 Å². The molecule has 1 aliphatic carbocycles. The summed E-state index contributed by atoms with van der Waals surface area (Å²) in [7, 11) is -1.13. The minimum Gasteiger partial charge on any atom is -0.464 e. The topological polar surface area (TPSA) is 176 Å². The number of hydrogen-bond acceptors (Lipinski definition) is 12. The second kappa shape index (κ2) is 12.1. The molecule has 17 heteroatoms. The summed E-state index contributed by atoms with van der Waals surface area (Å²) in [6, 6.07) is 11.1. The maximum absolute atomic E-state index is 16.5. The van der Waals surface area contributed by atoms with Crippen LogP contribution in [-0.2, 0) is 23.4 Å². The number of aromatic nitrogens is 4. The van der Waals surface area contributed by atoms with Crippen molar-refractivity contribution in [2.45, 2.75) is 63.4 Å². The predicted molar refractivity (Wildman–Crippen MR) is 178 cm³/mol. The zero-order chi connectivity index (χ0) is 34.8. The van der Waals surface area contributed by atoms with Gasteiger partial charge in [-0.05, 0) is 23.8 Å². The van der Waals surface area contributed by atoms with Crippen LogP contribution < -0.4 is 20.2 Å². The number of carbonyl (C=O) groups excluding carboxylic acids is 1. The van der Waals surface area contributed by atoms with Crippen molar-refractivity contribution in [3.8, 4) is 5.75 Å².